The molecule has 1 fully saturated rings. The number of benzene rings is 1. The number of urea groups is 1. The highest BCUT2D eigenvalue weighted by Gasteiger charge is 2.28. The van der Waals surface area contributed by atoms with Gasteiger partial charge in [0.05, 0.1) is 25.3 Å². The first kappa shape index (κ1) is 18.7. The molecular formula is C20H24N4O3. The number of methoxy groups -OCH3 is 1. The van der Waals surface area contributed by atoms with Gasteiger partial charge in [-0.25, -0.2) is 9.78 Å². The van der Waals surface area contributed by atoms with E-state index in [1.54, 1.807) is 18.1 Å². The molecule has 1 atom stereocenters. The fourth-order valence-corrected chi connectivity index (χ4v) is 3.09. The van der Waals surface area contributed by atoms with E-state index < -0.39 is 0 Å². The minimum Gasteiger partial charge on any atom is -0.481 e. The summed E-state index contributed by atoms with van der Waals surface area (Å²) in [5.41, 5.74) is 1.48. The lowest BCUT2D eigenvalue weighted by molar-refractivity contribution is -0.126. The van der Waals surface area contributed by atoms with E-state index in [9.17, 15) is 9.59 Å². The van der Waals surface area contributed by atoms with Crippen molar-refractivity contribution in [2.45, 2.75) is 19.4 Å². The summed E-state index contributed by atoms with van der Waals surface area (Å²) >= 11 is 0. The van der Waals surface area contributed by atoms with Crippen LogP contribution in [0, 0.1) is 5.92 Å². The van der Waals surface area contributed by atoms with Gasteiger partial charge in [0.1, 0.15) is 0 Å². The molecule has 142 valence electrons. The lowest BCUT2D eigenvalue weighted by Crippen LogP contribution is -2.46. The summed E-state index contributed by atoms with van der Waals surface area (Å²) in [4.78, 5) is 31.0. The van der Waals surface area contributed by atoms with Gasteiger partial charge in [-0.05, 0) is 31.0 Å². The first-order chi connectivity index (χ1) is 13.2. The number of hydrogen-bond acceptors (Lipinski definition) is 4. The van der Waals surface area contributed by atoms with Gasteiger partial charge in [-0.3, -0.25) is 4.79 Å². The Morgan fingerprint density at radius 3 is 2.78 bits per heavy atom. The van der Waals surface area contributed by atoms with Crippen LogP contribution in [0.2, 0.25) is 0 Å². The smallest absolute Gasteiger partial charge is 0.321 e. The van der Waals surface area contributed by atoms with E-state index in [2.05, 4.69) is 15.6 Å². The Kier molecular flexibility index (Phi) is 6.25. The van der Waals surface area contributed by atoms with Gasteiger partial charge in [0.25, 0.3) is 0 Å². The Hall–Kier alpha value is -3.09. The van der Waals surface area contributed by atoms with Crippen LogP contribution in [0.25, 0.3) is 0 Å². The predicted molar refractivity (Wildman–Crippen MR) is 102 cm³/mol. The van der Waals surface area contributed by atoms with E-state index in [4.69, 9.17) is 4.74 Å². The molecule has 2 aromatic rings. The van der Waals surface area contributed by atoms with E-state index >= 15 is 0 Å². The van der Waals surface area contributed by atoms with Crippen molar-refractivity contribution in [2.75, 3.05) is 25.5 Å². The Balaban J connectivity index is 1.52. The summed E-state index contributed by atoms with van der Waals surface area (Å²) in [6.07, 6.45) is 1.57. The van der Waals surface area contributed by atoms with Crippen molar-refractivity contribution >= 4 is 17.6 Å². The number of piperidine rings is 1. The molecule has 1 aliphatic rings. The summed E-state index contributed by atoms with van der Waals surface area (Å²) in [6.45, 7) is 1.40. The maximum atomic E-state index is 12.5. The van der Waals surface area contributed by atoms with Crippen molar-refractivity contribution in [3.05, 3.63) is 54.2 Å². The zero-order valence-electron chi connectivity index (χ0n) is 15.4. The Morgan fingerprint density at radius 2 is 2.00 bits per heavy atom. The number of nitrogens with zero attached hydrogens (tertiary/aromatic N) is 2. The second-order valence-electron chi connectivity index (χ2n) is 6.47. The molecule has 3 rings (SSSR count). The molecule has 1 saturated heterocycles. The maximum Gasteiger partial charge on any atom is 0.321 e. The third-order valence-corrected chi connectivity index (χ3v) is 4.54. The molecule has 7 heteroatoms. The van der Waals surface area contributed by atoms with Crippen LogP contribution >= 0.6 is 0 Å². The number of rotatable bonds is 5. The molecule has 1 unspecified atom stereocenters. The molecule has 3 amide bonds. The highest BCUT2D eigenvalue weighted by Crippen LogP contribution is 2.18. The third-order valence-electron chi connectivity index (χ3n) is 4.54. The van der Waals surface area contributed by atoms with Gasteiger partial charge in [0.2, 0.25) is 11.8 Å². The molecule has 0 radical (unpaired) electrons. The number of carbonyl (C=O) groups is 2. The number of aromatic nitrogens is 1. The van der Waals surface area contributed by atoms with Crippen LogP contribution in [0.15, 0.2) is 48.5 Å². The molecule has 7 nitrogen and oxygen atoms in total. The van der Waals surface area contributed by atoms with Gasteiger partial charge in [-0.1, -0.05) is 24.3 Å². The largest absolute Gasteiger partial charge is 0.481 e. The van der Waals surface area contributed by atoms with Crippen molar-refractivity contribution in [3.63, 3.8) is 0 Å². The molecule has 0 spiro atoms. The number of carbonyl (C=O) groups excluding carboxylic acids is 2. The lowest BCUT2D eigenvalue weighted by atomic mass is 9.97. The Morgan fingerprint density at radius 1 is 1.19 bits per heavy atom. The number of anilines is 1. The van der Waals surface area contributed by atoms with Crippen LogP contribution in [-0.4, -0.2) is 42.0 Å². The molecule has 1 aromatic heterocycles. The normalized spacial score (nSPS) is 16.5. The summed E-state index contributed by atoms with van der Waals surface area (Å²) in [6, 6.07) is 14.6. The zero-order chi connectivity index (χ0) is 19.1. The van der Waals surface area contributed by atoms with Crippen molar-refractivity contribution < 1.29 is 14.3 Å². The summed E-state index contributed by atoms with van der Waals surface area (Å²) in [5.74, 6) is 0.242. The first-order valence-corrected chi connectivity index (χ1v) is 9.04. The van der Waals surface area contributed by atoms with Gasteiger partial charge in [0, 0.05) is 24.8 Å². The van der Waals surface area contributed by atoms with Crippen LogP contribution < -0.4 is 15.4 Å². The van der Waals surface area contributed by atoms with Gasteiger partial charge < -0.3 is 20.3 Å². The molecular weight excluding hydrogens is 344 g/mol. The molecule has 0 aliphatic carbocycles. The number of ether oxygens (including phenoxy) is 1. The Bertz CT molecular complexity index is 782. The lowest BCUT2D eigenvalue weighted by Gasteiger charge is -2.32. The van der Waals surface area contributed by atoms with E-state index in [-0.39, 0.29) is 17.9 Å². The number of hydrogen-bond donors (Lipinski definition) is 2. The van der Waals surface area contributed by atoms with E-state index in [0.717, 1.165) is 24.2 Å². The van der Waals surface area contributed by atoms with Crippen LogP contribution in [0.4, 0.5) is 10.5 Å². The molecule has 0 saturated carbocycles. The second-order valence-corrected chi connectivity index (χ2v) is 6.47. The fourth-order valence-electron chi connectivity index (χ4n) is 3.09. The number of para-hydroxylation sites is 1. The third kappa shape index (κ3) is 5.20. The SMILES string of the molecule is COc1cccc(CNC(=O)C2CCCN(C(=O)Nc3ccccc3)C2)n1. The monoisotopic (exact) mass is 368 g/mol. The Labute approximate surface area is 158 Å². The predicted octanol–water partition coefficient (Wildman–Crippen LogP) is 2.65. The van der Waals surface area contributed by atoms with Gasteiger partial charge in [-0.15, -0.1) is 0 Å². The van der Waals surface area contributed by atoms with Crippen molar-refractivity contribution in [3.8, 4) is 5.88 Å². The quantitative estimate of drug-likeness (QED) is 0.850. The average molecular weight is 368 g/mol. The van der Waals surface area contributed by atoms with Crippen molar-refractivity contribution in [2.24, 2.45) is 5.92 Å². The standard InChI is InChI=1S/C20H24N4O3/c1-27-18-11-5-10-17(22-18)13-21-19(25)15-7-6-12-24(14-15)20(26)23-16-8-3-2-4-9-16/h2-5,8-11,15H,6-7,12-14H2,1H3,(H,21,25)(H,23,26). The van der Waals surface area contributed by atoms with Gasteiger partial charge >= 0.3 is 6.03 Å². The molecule has 0 bridgehead atoms. The highest BCUT2D eigenvalue weighted by molar-refractivity contribution is 5.90. The minimum absolute atomic E-state index is 0.0585. The van der Waals surface area contributed by atoms with E-state index in [1.807, 2.05) is 42.5 Å². The highest BCUT2D eigenvalue weighted by atomic mass is 16.5. The van der Waals surface area contributed by atoms with Crippen LogP contribution in [0.5, 0.6) is 5.88 Å². The second kappa shape index (κ2) is 9.02. The number of likely N-dealkylation sites (tertiary alicyclic amines) is 1. The topological polar surface area (TPSA) is 83.6 Å². The van der Waals surface area contributed by atoms with Gasteiger partial charge in [0.15, 0.2) is 0 Å². The van der Waals surface area contributed by atoms with E-state index in [1.165, 1.54) is 0 Å². The number of pyridine rings is 1. The first-order valence-electron chi connectivity index (χ1n) is 9.04. The van der Waals surface area contributed by atoms with E-state index in [0.29, 0.717) is 25.5 Å². The molecule has 27 heavy (non-hydrogen) atoms. The molecule has 2 N–H and O–H groups in total. The summed E-state index contributed by atoms with van der Waals surface area (Å²) < 4.78 is 5.09. The fraction of sp³-hybridized carbons (Fsp3) is 0.350. The summed E-state index contributed by atoms with van der Waals surface area (Å²) in [5, 5.41) is 5.79. The van der Waals surface area contributed by atoms with Crippen LogP contribution in [0.1, 0.15) is 18.5 Å². The van der Waals surface area contributed by atoms with Crippen LogP contribution in [0.3, 0.4) is 0 Å². The minimum atomic E-state index is -0.217. The van der Waals surface area contributed by atoms with Gasteiger partial charge in [-0.2, -0.15) is 0 Å². The maximum absolute atomic E-state index is 12.5. The average Bonchev–Trinajstić information content (AvgIpc) is 2.73. The zero-order valence-corrected chi connectivity index (χ0v) is 15.4. The molecule has 1 aromatic carbocycles. The number of nitrogens with one attached hydrogen (secondary N) is 2. The molecule has 2 heterocycles. The molecule has 1 aliphatic heterocycles. The van der Waals surface area contributed by atoms with Crippen molar-refractivity contribution in [1.29, 1.82) is 0 Å². The van der Waals surface area contributed by atoms with Crippen molar-refractivity contribution in [1.82, 2.24) is 15.2 Å². The number of amides is 3. The van der Waals surface area contributed by atoms with Crippen LogP contribution in [-0.2, 0) is 11.3 Å². The summed E-state index contributed by atoms with van der Waals surface area (Å²) in [7, 11) is 1.56.